The first-order valence-electron chi connectivity index (χ1n) is 15.7. The Hall–Kier alpha value is -1.85. The van der Waals surface area contributed by atoms with Gasteiger partial charge in [0.25, 0.3) is 0 Å². The third-order valence-electron chi connectivity index (χ3n) is 12.4. The SMILES string of the molecule is COC1CC(OC2CCC3(C=O)C4CCC5(C)C(C6=CC(=O)OC6)CCC5(O)C4CCC3(O)C2)OC(C)C1OC(C)=O. The number of hydrogen-bond acceptors (Lipinski definition) is 10. The molecule has 12 unspecified atom stereocenters. The Morgan fingerprint density at radius 1 is 1.10 bits per heavy atom. The molecule has 1 saturated heterocycles. The van der Waals surface area contributed by atoms with Gasteiger partial charge in [0.15, 0.2) is 12.4 Å². The van der Waals surface area contributed by atoms with Crippen molar-refractivity contribution in [1.29, 1.82) is 0 Å². The zero-order valence-electron chi connectivity index (χ0n) is 25.2. The predicted molar refractivity (Wildman–Crippen MR) is 148 cm³/mol. The van der Waals surface area contributed by atoms with E-state index < -0.39 is 46.5 Å². The van der Waals surface area contributed by atoms with Crippen LogP contribution < -0.4 is 0 Å². The first-order chi connectivity index (χ1) is 19.9. The normalized spacial score (nSPS) is 50.1. The Morgan fingerprint density at radius 3 is 2.52 bits per heavy atom. The number of ether oxygens (including phenoxy) is 5. The van der Waals surface area contributed by atoms with Crippen LogP contribution in [0.4, 0.5) is 0 Å². The fourth-order valence-electron chi connectivity index (χ4n) is 10.3. The highest BCUT2D eigenvalue weighted by atomic mass is 16.7. The summed E-state index contributed by atoms with van der Waals surface area (Å²) in [6.07, 6.45) is 6.06. The number of carbonyl (C=O) groups is 3. The summed E-state index contributed by atoms with van der Waals surface area (Å²) in [5.74, 6) is -0.871. The summed E-state index contributed by atoms with van der Waals surface area (Å²) < 4.78 is 28.7. The molecule has 4 saturated carbocycles. The van der Waals surface area contributed by atoms with E-state index in [9.17, 15) is 24.6 Å². The van der Waals surface area contributed by atoms with Crippen molar-refractivity contribution in [3.8, 4) is 0 Å². The highest BCUT2D eigenvalue weighted by molar-refractivity contribution is 5.85. The third-order valence-corrected chi connectivity index (χ3v) is 12.4. The molecule has 0 spiro atoms. The molecule has 12 atom stereocenters. The second-order valence-corrected chi connectivity index (χ2v) is 14.1. The van der Waals surface area contributed by atoms with E-state index in [4.69, 9.17) is 23.7 Å². The van der Waals surface area contributed by atoms with Crippen molar-refractivity contribution >= 4 is 18.2 Å². The zero-order chi connectivity index (χ0) is 30.1. The average molecular weight is 591 g/mol. The summed E-state index contributed by atoms with van der Waals surface area (Å²) in [4.78, 5) is 36.5. The van der Waals surface area contributed by atoms with Crippen LogP contribution in [-0.2, 0) is 38.1 Å². The van der Waals surface area contributed by atoms with Crippen molar-refractivity contribution < 1.29 is 48.3 Å². The maximum Gasteiger partial charge on any atom is 0.331 e. The van der Waals surface area contributed by atoms with Crippen LogP contribution in [0.25, 0.3) is 0 Å². The molecule has 0 aromatic heterocycles. The first kappa shape index (κ1) is 30.2. The Labute approximate surface area is 247 Å². The first-order valence-corrected chi connectivity index (χ1v) is 15.7. The van der Waals surface area contributed by atoms with E-state index in [2.05, 4.69) is 6.92 Å². The lowest BCUT2D eigenvalue weighted by molar-refractivity contribution is -0.289. The minimum Gasteiger partial charge on any atom is -0.458 e. The van der Waals surface area contributed by atoms with Crippen LogP contribution in [0.3, 0.4) is 0 Å². The average Bonchev–Trinajstić information content (AvgIpc) is 3.48. The van der Waals surface area contributed by atoms with Gasteiger partial charge in [-0.15, -0.1) is 0 Å². The number of rotatable bonds is 6. The Bertz CT molecular complexity index is 1140. The number of fused-ring (bicyclic) bond motifs is 5. The zero-order valence-corrected chi connectivity index (χ0v) is 25.2. The Morgan fingerprint density at radius 2 is 1.86 bits per heavy atom. The van der Waals surface area contributed by atoms with Crippen LogP contribution in [0.5, 0.6) is 0 Å². The predicted octanol–water partition coefficient (Wildman–Crippen LogP) is 3.00. The van der Waals surface area contributed by atoms with Gasteiger partial charge in [0, 0.05) is 38.4 Å². The van der Waals surface area contributed by atoms with Crippen LogP contribution in [0.1, 0.15) is 85.0 Å². The van der Waals surface area contributed by atoms with Crippen molar-refractivity contribution in [3.05, 3.63) is 11.6 Å². The van der Waals surface area contributed by atoms with Crippen molar-refractivity contribution in [1.82, 2.24) is 0 Å². The highest BCUT2D eigenvalue weighted by Gasteiger charge is 2.71. The number of carbonyl (C=O) groups excluding carboxylic acids is 3. The molecular formula is C32H46O10. The number of methoxy groups -OCH3 is 1. The van der Waals surface area contributed by atoms with Gasteiger partial charge in [-0.3, -0.25) is 4.79 Å². The number of esters is 2. The van der Waals surface area contributed by atoms with Crippen molar-refractivity contribution in [2.24, 2.45) is 28.6 Å². The lowest BCUT2D eigenvalue weighted by Gasteiger charge is -2.65. The number of cyclic esters (lactones) is 1. The van der Waals surface area contributed by atoms with Crippen LogP contribution >= 0.6 is 0 Å². The summed E-state index contributed by atoms with van der Waals surface area (Å²) in [7, 11) is 1.57. The number of aldehydes is 1. The highest BCUT2D eigenvalue weighted by Crippen LogP contribution is 2.70. The lowest BCUT2D eigenvalue weighted by Crippen LogP contribution is -2.69. The van der Waals surface area contributed by atoms with Crippen molar-refractivity contribution in [3.63, 3.8) is 0 Å². The van der Waals surface area contributed by atoms with Gasteiger partial charge in [-0.2, -0.15) is 0 Å². The molecule has 6 rings (SSSR count). The van der Waals surface area contributed by atoms with Gasteiger partial charge in [0.1, 0.15) is 19.0 Å². The van der Waals surface area contributed by atoms with Gasteiger partial charge in [0.05, 0.1) is 28.8 Å². The number of aliphatic hydroxyl groups is 2. The third kappa shape index (κ3) is 4.42. The van der Waals surface area contributed by atoms with Crippen molar-refractivity contribution in [2.45, 2.75) is 127 Å². The quantitative estimate of drug-likeness (QED) is 0.270. The van der Waals surface area contributed by atoms with E-state index in [1.165, 1.54) is 6.92 Å². The molecule has 234 valence electrons. The summed E-state index contributed by atoms with van der Waals surface area (Å²) in [5.41, 5.74) is -2.60. The molecule has 2 aliphatic heterocycles. The minimum absolute atomic E-state index is 0.0706. The maximum absolute atomic E-state index is 13.1. The molecule has 5 fully saturated rings. The van der Waals surface area contributed by atoms with Gasteiger partial charge in [-0.05, 0) is 81.6 Å². The molecule has 0 radical (unpaired) electrons. The largest absolute Gasteiger partial charge is 0.458 e. The van der Waals surface area contributed by atoms with E-state index >= 15 is 0 Å². The van der Waals surface area contributed by atoms with E-state index in [-0.39, 0.29) is 35.9 Å². The summed E-state index contributed by atoms with van der Waals surface area (Å²) in [6.45, 7) is 5.63. The second kappa shape index (κ2) is 10.6. The molecule has 0 aromatic carbocycles. The molecule has 2 heterocycles. The van der Waals surface area contributed by atoms with Gasteiger partial charge >= 0.3 is 11.9 Å². The van der Waals surface area contributed by atoms with E-state index in [0.717, 1.165) is 31.1 Å². The summed E-state index contributed by atoms with van der Waals surface area (Å²) >= 11 is 0. The van der Waals surface area contributed by atoms with Gasteiger partial charge in [-0.1, -0.05) is 6.92 Å². The fourth-order valence-corrected chi connectivity index (χ4v) is 10.3. The van der Waals surface area contributed by atoms with Crippen LogP contribution in [0.15, 0.2) is 11.6 Å². The van der Waals surface area contributed by atoms with Gasteiger partial charge in [-0.25, -0.2) is 4.79 Å². The van der Waals surface area contributed by atoms with E-state index in [0.29, 0.717) is 51.6 Å². The van der Waals surface area contributed by atoms with Gasteiger partial charge in [0.2, 0.25) is 0 Å². The summed E-state index contributed by atoms with van der Waals surface area (Å²) in [5, 5.41) is 24.7. The Balaban J connectivity index is 1.18. The van der Waals surface area contributed by atoms with Crippen molar-refractivity contribution in [2.75, 3.05) is 13.7 Å². The molecule has 42 heavy (non-hydrogen) atoms. The smallest absolute Gasteiger partial charge is 0.331 e. The van der Waals surface area contributed by atoms with Crippen LogP contribution in [0, 0.1) is 28.6 Å². The molecule has 0 aromatic rings. The number of hydrogen-bond donors (Lipinski definition) is 2. The van der Waals surface area contributed by atoms with Gasteiger partial charge < -0.3 is 38.7 Å². The van der Waals surface area contributed by atoms with E-state index in [1.807, 2.05) is 6.92 Å². The fraction of sp³-hybridized carbons (Fsp3) is 0.844. The molecule has 10 heteroatoms. The topological polar surface area (TPSA) is 138 Å². The lowest BCUT2D eigenvalue weighted by atomic mass is 9.41. The second-order valence-electron chi connectivity index (χ2n) is 14.1. The van der Waals surface area contributed by atoms with Crippen LogP contribution in [0.2, 0.25) is 0 Å². The maximum atomic E-state index is 13.1. The molecule has 10 nitrogen and oxygen atoms in total. The molecule has 6 aliphatic rings. The molecule has 0 bridgehead atoms. The molecule has 4 aliphatic carbocycles. The molecular weight excluding hydrogens is 544 g/mol. The molecule has 2 N–H and O–H groups in total. The standard InChI is InChI=1S/C32H46O10/c1-18-28(41-19(2)34)25(38-4)14-27(40-18)42-21-5-10-30(17-33)23-6-9-29(3)22(20-13-26(35)39-16-20)8-12-32(29,37)24(23)7-11-31(30,36)15-21/h13,17-18,21-25,27-28,36-37H,5-12,14-16H2,1-4H3. The monoisotopic (exact) mass is 590 g/mol. The minimum atomic E-state index is -1.24. The summed E-state index contributed by atoms with van der Waals surface area (Å²) in [6, 6.07) is 0. The van der Waals surface area contributed by atoms with Crippen LogP contribution in [-0.4, -0.2) is 84.1 Å². The van der Waals surface area contributed by atoms with E-state index in [1.54, 1.807) is 13.2 Å². The Kier molecular flexibility index (Phi) is 7.65. The molecule has 0 amide bonds.